The van der Waals surface area contributed by atoms with Gasteiger partial charge in [-0.2, -0.15) is 0 Å². The molecule has 0 saturated carbocycles. The number of nitrogens with zero attached hydrogens (tertiary/aromatic N) is 6. The normalized spacial score (nSPS) is 13.6. The first-order valence-corrected chi connectivity index (χ1v) is 14.7. The Balaban J connectivity index is 0.000000351. The summed E-state index contributed by atoms with van der Waals surface area (Å²) < 4.78 is 9.84. The second-order valence-corrected chi connectivity index (χ2v) is 9.91. The van der Waals surface area contributed by atoms with Gasteiger partial charge in [0, 0.05) is 25.3 Å². The number of likely N-dealkylation sites (N-methyl/N-ethyl adjacent to an activating group) is 1. The lowest BCUT2D eigenvalue weighted by molar-refractivity contribution is -0.124. The number of carbonyl (C=O) groups excluding carboxylic acids is 3. The van der Waals surface area contributed by atoms with Gasteiger partial charge in [0.1, 0.15) is 52.6 Å². The molecular formula is C32H43N7O9. The van der Waals surface area contributed by atoms with Crippen LogP contribution in [0.2, 0.25) is 0 Å². The van der Waals surface area contributed by atoms with Crippen LogP contribution in [-0.4, -0.2) is 101 Å². The van der Waals surface area contributed by atoms with Crippen LogP contribution in [0.4, 0.5) is 10.5 Å². The number of nitrogens with one attached hydrogen (secondary N) is 1. The van der Waals surface area contributed by atoms with Crippen LogP contribution in [0, 0.1) is 13.8 Å². The van der Waals surface area contributed by atoms with E-state index in [0.29, 0.717) is 40.5 Å². The second kappa shape index (κ2) is 19.9. The van der Waals surface area contributed by atoms with E-state index >= 15 is 0 Å². The van der Waals surface area contributed by atoms with Gasteiger partial charge in [-0.05, 0) is 38.8 Å². The van der Waals surface area contributed by atoms with Gasteiger partial charge in [0.05, 0.1) is 12.2 Å². The highest BCUT2D eigenvalue weighted by atomic mass is 16.6. The topological polar surface area (TPSA) is 175 Å². The van der Waals surface area contributed by atoms with Crippen molar-refractivity contribution in [3.8, 4) is 0 Å². The molecule has 0 aromatic heterocycles. The number of ether oxygens (including phenoxy) is 2. The van der Waals surface area contributed by atoms with E-state index in [4.69, 9.17) is 28.8 Å². The van der Waals surface area contributed by atoms with Crippen LogP contribution in [0.1, 0.15) is 36.1 Å². The smallest absolute Gasteiger partial charge is 0.429 e. The largest absolute Gasteiger partial charge is 0.446 e. The number of anilines is 1. The van der Waals surface area contributed by atoms with Crippen molar-refractivity contribution in [3.05, 3.63) is 64.7 Å². The van der Waals surface area contributed by atoms with Crippen molar-refractivity contribution in [1.82, 2.24) is 10.3 Å². The molecule has 0 spiro atoms. The Kier molecular flexibility index (Phi) is 16.0. The van der Waals surface area contributed by atoms with E-state index in [0.717, 1.165) is 11.1 Å². The van der Waals surface area contributed by atoms with Gasteiger partial charge in [0.15, 0.2) is 11.4 Å². The summed E-state index contributed by atoms with van der Waals surface area (Å²) >= 11 is 0. The number of oxime groups is 4. The quantitative estimate of drug-likeness (QED) is 0.234. The van der Waals surface area contributed by atoms with E-state index in [1.807, 2.05) is 38.1 Å². The van der Waals surface area contributed by atoms with Crippen molar-refractivity contribution in [2.24, 2.45) is 20.6 Å². The Morgan fingerprint density at radius 3 is 2.08 bits per heavy atom. The lowest BCUT2D eigenvalue weighted by atomic mass is 10.0. The fraction of sp³-hybridized carbons (Fsp3) is 0.406. The maximum Gasteiger partial charge on any atom is 0.429 e. The second-order valence-electron chi connectivity index (χ2n) is 9.91. The first-order chi connectivity index (χ1) is 23.1. The lowest BCUT2D eigenvalue weighted by Gasteiger charge is -2.31. The number of hydrazine groups is 1. The maximum absolute atomic E-state index is 12.3. The number of methoxy groups -OCH3 is 1. The standard InChI is InChI=1S/C18H25N5O5.C14H18N2O4/c1-12(20-25-4)16(22-26-5)13(2)21-28-11-14-9-7-8-10-15(14)17(23-27-6)18(24)19-3;1-10-5-4-6-11(2)13(10)16(12(17)9-19-3)15-7-8-20-14(15)18/h7-10H,11H2,1-6H3,(H,19,24);4-6H,7-9H2,1-3H3/b20-12+,21-13+,22-16+,23-17+;. The van der Waals surface area contributed by atoms with Crippen LogP contribution >= 0.6 is 0 Å². The van der Waals surface area contributed by atoms with Gasteiger partial charge >= 0.3 is 6.09 Å². The maximum atomic E-state index is 12.3. The first-order valence-electron chi connectivity index (χ1n) is 14.7. The fourth-order valence-corrected chi connectivity index (χ4v) is 4.48. The molecule has 16 heteroatoms. The molecule has 3 amide bonds. The summed E-state index contributed by atoms with van der Waals surface area (Å²) in [5, 5.41) is 20.8. The summed E-state index contributed by atoms with van der Waals surface area (Å²) in [6.07, 6.45) is -0.517. The molecule has 2 aromatic carbocycles. The minimum atomic E-state index is -0.517. The zero-order valence-corrected chi connectivity index (χ0v) is 28.7. The molecular weight excluding hydrogens is 626 g/mol. The summed E-state index contributed by atoms with van der Waals surface area (Å²) in [5.41, 5.74) is 5.22. The minimum Gasteiger partial charge on any atom is -0.446 e. The molecule has 16 nitrogen and oxygen atoms in total. The predicted molar refractivity (Wildman–Crippen MR) is 180 cm³/mol. The number of hydrogen-bond acceptors (Lipinski definition) is 13. The zero-order valence-electron chi connectivity index (χ0n) is 28.7. The van der Waals surface area contributed by atoms with E-state index in [2.05, 4.69) is 25.9 Å². The van der Waals surface area contributed by atoms with E-state index in [1.54, 1.807) is 32.0 Å². The van der Waals surface area contributed by atoms with Crippen molar-refractivity contribution in [3.63, 3.8) is 0 Å². The number of benzene rings is 2. The third-order valence-electron chi connectivity index (χ3n) is 6.55. The van der Waals surface area contributed by atoms with Crippen LogP contribution in [0.3, 0.4) is 0 Å². The van der Waals surface area contributed by atoms with Gasteiger partial charge in [-0.1, -0.05) is 63.1 Å². The van der Waals surface area contributed by atoms with Crippen LogP contribution < -0.4 is 10.3 Å². The summed E-state index contributed by atoms with van der Waals surface area (Å²) in [6.45, 7) is 7.81. The molecule has 1 aliphatic heterocycles. The summed E-state index contributed by atoms with van der Waals surface area (Å²) in [4.78, 5) is 56.0. The number of amides is 3. The van der Waals surface area contributed by atoms with Crippen molar-refractivity contribution < 1.29 is 43.2 Å². The molecule has 0 aliphatic carbocycles. The Hall–Kier alpha value is -5.51. The van der Waals surface area contributed by atoms with Crippen LogP contribution in [0.25, 0.3) is 0 Å². The van der Waals surface area contributed by atoms with E-state index in [1.165, 1.54) is 45.5 Å². The van der Waals surface area contributed by atoms with Gasteiger partial charge in [0.2, 0.25) is 0 Å². The van der Waals surface area contributed by atoms with Crippen molar-refractivity contribution >= 4 is 46.4 Å². The molecule has 1 saturated heterocycles. The highest BCUT2D eigenvalue weighted by molar-refractivity contribution is 6.67. The predicted octanol–water partition coefficient (Wildman–Crippen LogP) is 3.35. The SMILES string of the molecule is CNC(=O)/C(=N/OC)c1ccccc1CO/N=C(C)/C(=N/OC)C(/C)=N/OC.COCC(=O)N(c1c(C)cccc1C)N1CCOC1=O. The third-order valence-corrected chi connectivity index (χ3v) is 6.55. The van der Waals surface area contributed by atoms with Gasteiger partial charge in [-0.3, -0.25) is 9.59 Å². The van der Waals surface area contributed by atoms with E-state index < -0.39 is 6.09 Å². The average molecular weight is 670 g/mol. The molecule has 2 aromatic rings. The van der Waals surface area contributed by atoms with Crippen LogP contribution in [0.15, 0.2) is 63.1 Å². The average Bonchev–Trinajstić information content (AvgIpc) is 3.49. The monoisotopic (exact) mass is 669 g/mol. The molecule has 0 unspecified atom stereocenters. The van der Waals surface area contributed by atoms with Gasteiger partial charge in [-0.15, -0.1) is 0 Å². The molecule has 1 N–H and O–H groups in total. The lowest BCUT2D eigenvalue weighted by Crippen LogP contribution is -2.49. The molecule has 0 atom stereocenters. The molecule has 1 fully saturated rings. The number of para-hydroxylation sites is 1. The number of carbonyl (C=O) groups is 3. The minimum absolute atomic E-state index is 0.0912. The molecule has 0 radical (unpaired) electrons. The first kappa shape index (κ1) is 38.7. The zero-order chi connectivity index (χ0) is 35.6. The van der Waals surface area contributed by atoms with Gasteiger partial charge in [0.25, 0.3) is 11.8 Å². The summed E-state index contributed by atoms with van der Waals surface area (Å²) in [6, 6.07) is 12.9. The Labute approximate surface area is 279 Å². The summed E-state index contributed by atoms with van der Waals surface area (Å²) in [7, 11) is 7.18. The number of cyclic esters (lactones) is 1. The fourth-order valence-electron chi connectivity index (χ4n) is 4.48. The van der Waals surface area contributed by atoms with Crippen LogP contribution in [-0.2, 0) is 45.0 Å². The van der Waals surface area contributed by atoms with Crippen molar-refractivity contribution in [2.45, 2.75) is 34.3 Å². The molecule has 1 heterocycles. The number of rotatable bonds is 14. The molecule has 48 heavy (non-hydrogen) atoms. The summed E-state index contributed by atoms with van der Waals surface area (Å²) in [5.74, 6) is -0.682. The Morgan fingerprint density at radius 1 is 0.896 bits per heavy atom. The Morgan fingerprint density at radius 2 is 1.52 bits per heavy atom. The van der Waals surface area contributed by atoms with Gasteiger partial charge in [-0.25, -0.2) is 14.8 Å². The van der Waals surface area contributed by atoms with Gasteiger partial charge < -0.3 is 34.1 Å². The molecule has 260 valence electrons. The number of hydrogen-bond donors (Lipinski definition) is 1. The van der Waals surface area contributed by atoms with E-state index in [9.17, 15) is 14.4 Å². The molecule has 0 bridgehead atoms. The third kappa shape index (κ3) is 10.5. The number of aryl methyl sites for hydroxylation is 2. The Bertz CT molecular complexity index is 1520. The highest BCUT2D eigenvalue weighted by Gasteiger charge is 2.34. The molecule has 3 rings (SSSR count). The molecule has 1 aliphatic rings. The van der Waals surface area contributed by atoms with Crippen LogP contribution in [0.5, 0.6) is 0 Å². The van der Waals surface area contributed by atoms with Crippen molar-refractivity contribution in [2.75, 3.05) is 60.3 Å². The van der Waals surface area contributed by atoms with E-state index in [-0.39, 0.29) is 37.3 Å². The van der Waals surface area contributed by atoms with Crippen molar-refractivity contribution in [1.29, 1.82) is 0 Å². The highest BCUT2D eigenvalue weighted by Crippen LogP contribution is 2.27.